The lowest BCUT2D eigenvalue weighted by Gasteiger charge is -2.18. The number of nitrogens with two attached hydrogens (primary N) is 1. The van der Waals surface area contributed by atoms with E-state index in [-0.39, 0.29) is 6.04 Å². The minimum atomic E-state index is 0.274. The summed E-state index contributed by atoms with van der Waals surface area (Å²) < 4.78 is 0. The summed E-state index contributed by atoms with van der Waals surface area (Å²) in [6.07, 6.45) is 2.73. The molecule has 1 unspecified atom stereocenters. The molecule has 70 valence electrons. The molecular weight excluding hydrogens is 186 g/mol. The minimum Gasteiger partial charge on any atom is -0.367 e. The van der Waals surface area contributed by atoms with Crippen molar-refractivity contribution in [2.45, 2.75) is 12.5 Å². The van der Waals surface area contributed by atoms with Crippen LogP contribution in [-0.4, -0.2) is 24.1 Å². The molecule has 0 bridgehead atoms. The summed E-state index contributed by atoms with van der Waals surface area (Å²) in [5, 5.41) is 0.566. The SMILES string of the molecule is NC1CCN(c2cccnc2Cl)C1. The first-order chi connectivity index (χ1) is 6.27. The Morgan fingerprint density at radius 2 is 2.46 bits per heavy atom. The Hall–Kier alpha value is -0.800. The molecule has 0 saturated carbocycles. The van der Waals surface area contributed by atoms with Crippen LogP contribution in [-0.2, 0) is 0 Å². The van der Waals surface area contributed by atoms with Crippen LogP contribution >= 0.6 is 11.6 Å². The van der Waals surface area contributed by atoms with E-state index in [1.165, 1.54) is 0 Å². The first-order valence-corrected chi connectivity index (χ1v) is 4.76. The molecule has 1 aromatic rings. The Kier molecular flexibility index (Phi) is 2.38. The van der Waals surface area contributed by atoms with Gasteiger partial charge in [0.15, 0.2) is 5.15 Å². The number of nitrogens with zero attached hydrogens (tertiary/aromatic N) is 2. The first kappa shape index (κ1) is 8.78. The van der Waals surface area contributed by atoms with Gasteiger partial charge in [-0.25, -0.2) is 4.98 Å². The van der Waals surface area contributed by atoms with E-state index < -0.39 is 0 Å². The van der Waals surface area contributed by atoms with Gasteiger partial charge in [-0.2, -0.15) is 0 Å². The molecule has 3 nitrogen and oxygen atoms in total. The molecule has 4 heteroatoms. The molecular formula is C9H12ClN3. The quantitative estimate of drug-likeness (QED) is 0.690. The second-order valence-corrected chi connectivity index (χ2v) is 3.67. The monoisotopic (exact) mass is 197 g/mol. The smallest absolute Gasteiger partial charge is 0.152 e. The highest BCUT2D eigenvalue weighted by Crippen LogP contribution is 2.25. The van der Waals surface area contributed by atoms with Crippen LogP contribution in [0, 0.1) is 0 Å². The number of aromatic nitrogens is 1. The summed E-state index contributed by atoms with van der Waals surface area (Å²) in [4.78, 5) is 6.21. The lowest BCUT2D eigenvalue weighted by molar-refractivity contribution is 0.752. The molecule has 1 saturated heterocycles. The Labute approximate surface area is 82.5 Å². The van der Waals surface area contributed by atoms with Gasteiger partial charge in [-0.15, -0.1) is 0 Å². The molecule has 13 heavy (non-hydrogen) atoms. The maximum atomic E-state index is 5.96. The van der Waals surface area contributed by atoms with Gasteiger partial charge in [0.2, 0.25) is 0 Å². The van der Waals surface area contributed by atoms with Gasteiger partial charge in [-0.1, -0.05) is 11.6 Å². The molecule has 0 aliphatic carbocycles. The fourth-order valence-electron chi connectivity index (χ4n) is 1.62. The molecule has 1 fully saturated rings. The van der Waals surface area contributed by atoms with Crippen LogP contribution in [0.5, 0.6) is 0 Å². The zero-order valence-corrected chi connectivity index (χ0v) is 8.04. The highest BCUT2D eigenvalue weighted by molar-refractivity contribution is 6.32. The van der Waals surface area contributed by atoms with Crippen LogP contribution in [0.1, 0.15) is 6.42 Å². The molecule has 1 atom stereocenters. The van der Waals surface area contributed by atoms with E-state index in [4.69, 9.17) is 17.3 Å². The highest BCUT2D eigenvalue weighted by atomic mass is 35.5. The largest absolute Gasteiger partial charge is 0.367 e. The Morgan fingerprint density at radius 3 is 3.08 bits per heavy atom. The Morgan fingerprint density at radius 1 is 1.62 bits per heavy atom. The molecule has 1 aliphatic heterocycles. The van der Waals surface area contributed by atoms with Crippen molar-refractivity contribution in [2.75, 3.05) is 18.0 Å². The summed E-state index contributed by atoms with van der Waals surface area (Å²) in [6.45, 7) is 1.86. The van der Waals surface area contributed by atoms with E-state index in [0.717, 1.165) is 25.2 Å². The van der Waals surface area contributed by atoms with Gasteiger partial charge in [0.1, 0.15) is 0 Å². The van der Waals surface area contributed by atoms with Gasteiger partial charge >= 0.3 is 0 Å². The summed E-state index contributed by atoms with van der Waals surface area (Å²) in [5.74, 6) is 0. The maximum absolute atomic E-state index is 5.96. The number of pyridine rings is 1. The molecule has 0 aromatic carbocycles. The highest BCUT2D eigenvalue weighted by Gasteiger charge is 2.20. The van der Waals surface area contributed by atoms with Crippen molar-refractivity contribution in [3.05, 3.63) is 23.5 Å². The predicted molar refractivity (Wildman–Crippen MR) is 54.1 cm³/mol. The molecule has 1 aliphatic rings. The van der Waals surface area contributed by atoms with Crippen molar-refractivity contribution in [2.24, 2.45) is 5.73 Å². The van der Waals surface area contributed by atoms with E-state index in [9.17, 15) is 0 Å². The third-order valence-electron chi connectivity index (χ3n) is 2.30. The average molecular weight is 198 g/mol. The lowest BCUT2D eigenvalue weighted by atomic mass is 10.3. The standard InChI is InChI=1S/C9H12ClN3/c10-9-8(2-1-4-12-9)13-5-3-7(11)6-13/h1-2,4,7H,3,5-6,11H2. The van der Waals surface area contributed by atoms with Gasteiger partial charge in [0.05, 0.1) is 5.69 Å². The third-order valence-corrected chi connectivity index (χ3v) is 2.60. The van der Waals surface area contributed by atoms with Gasteiger partial charge in [0.25, 0.3) is 0 Å². The fraction of sp³-hybridized carbons (Fsp3) is 0.444. The zero-order valence-electron chi connectivity index (χ0n) is 7.28. The van der Waals surface area contributed by atoms with Crippen LogP contribution < -0.4 is 10.6 Å². The fourth-order valence-corrected chi connectivity index (χ4v) is 1.86. The van der Waals surface area contributed by atoms with E-state index in [2.05, 4.69) is 9.88 Å². The van der Waals surface area contributed by atoms with E-state index in [1.54, 1.807) is 6.20 Å². The first-order valence-electron chi connectivity index (χ1n) is 4.38. The average Bonchev–Trinajstić information content (AvgIpc) is 2.53. The summed E-state index contributed by atoms with van der Waals surface area (Å²) in [6, 6.07) is 4.15. The normalized spacial score (nSPS) is 22.3. The van der Waals surface area contributed by atoms with Crippen molar-refractivity contribution in [3.8, 4) is 0 Å². The number of anilines is 1. The van der Waals surface area contributed by atoms with E-state index in [1.807, 2.05) is 12.1 Å². The van der Waals surface area contributed by atoms with Crippen LogP contribution in [0.3, 0.4) is 0 Å². The van der Waals surface area contributed by atoms with Crippen molar-refractivity contribution < 1.29 is 0 Å². The molecule has 2 rings (SSSR count). The van der Waals surface area contributed by atoms with Crippen molar-refractivity contribution in [1.29, 1.82) is 0 Å². The Balaban J connectivity index is 2.21. The topological polar surface area (TPSA) is 42.1 Å². The summed E-state index contributed by atoms with van der Waals surface area (Å²) in [5.41, 5.74) is 6.80. The van der Waals surface area contributed by atoms with Crippen LogP contribution in [0.2, 0.25) is 5.15 Å². The van der Waals surface area contributed by atoms with E-state index in [0.29, 0.717) is 5.15 Å². The van der Waals surface area contributed by atoms with Crippen LogP contribution in [0.4, 0.5) is 5.69 Å². The number of hydrogen-bond donors (Lipinski definition) is 1. The molecule has 0 radical (unpaired) electrons. The predicted octanol–water partition coefficient (Wildman–Crippen LogP) is 1.27. The number of hydrogen-bond acceptors (Lipinski definition) is 3. The molecule has 2 N–H and O–H groups in total. The van der Waals surface area contributed by atoms with Crippen LogP contribution in [0.25, 0.3) is 0 Å². The van der Waals surface area contributed by atoms with Gasteiger partial charge in [-0.05, 0) is 18.6 Å². The molecule has 2 heterocycles. The summed E-state index contributed by atoms with van der Waals surface area (Å²) >= 11 is 5.96. The van der Waals surface area contributed by atoms with Gasteiger partial charge < -0.3 is 10.6 Å². The second kappa shape index (κ2) is 3.52. The van der Waals surface area contributed by atoms with E-state index >= 15 is 0 Å². The van der Waals surface area contributed by atoms with Crippen molar-refractivity contribution in [1.82, 2.24) is 4.98 Å². The van der Waals surface area contributed by atoms with Crippen molar-refractivity contribution in [3.63, 3.8) is 0 Å². The van der Waals surface area contributed by atoms with Crippen molar-refractivity contribution >= 4 is 17.3 Å². The zero-order chi connectivity index (χ0) is 9.26. The number of halogens is 1. The minimum absolute atomic E-state index is 0.274. The molecule has 1 aromatic heterocycles. The maximum Gasteiger partial charge on any atom is 0.152 e. The molecule has 0 spiro atoms. The number of rotatable bonds is 1. The second-order valence-electron chi connectivity index (χ2n) is 3.31. The lowest BCUT2D eigenvalue weighted by Crippen LogP contribution is -2.26. The van der Waals surface area contributed by atoms with Gasteiger partial charge in [-0.3, -0.25) is 0 Å². The van der Waals surface area contributed by atoms with Gasteiger partial charge in [0, 0.05) is 25.3 Å². The van der Waals surface area contributed by atoms with Crippen LogP contribution in [0.15, 0.2) is 18.3 Å². The molecule has 0 amide bonds. The summed E-state index contributed by atoms with van der Waals surface area (Å²) in [7, 11) is 0. The Bertz CT molecular complexity index is 303. The third kappa shape index (κ3) is 1.76.